The third-order valence-corrected chi connectivity index (χ3v) is 2.90. The van der Waals surface area contributed by atoms with E-state index in [1.165, 1.54) is 0 Å². The van der Waals surface area contributed by atoms with E-state index in [1.54, 1.807) is 12.1 Å². The van der Waals surface area contributed by atoms with Gasteiger partial charge < -0.3 is 14.6 Å². The number of aromatic carboxylic acids is 1. The van der Waals surface area contributed by atoms with Crippen molar-refractivity contribution in [2.24, 2.45) is 0 Å². The molecule has 0 aliphatic carbocycles. The second-order valence-corrected chi connectivity index (χ2v) is 4.19. The van der Waals surface area contributed by atoms with Crippen LogP contribution in [0.25, 0.3) is 0 Å². The molecule has 0 aromatic heterocycles. The van der Waals surface area contributed by atoms with Crippen LogP contribution in [0.5, 0.6) is 5.75 Å². The molecule has 0 unspecified atom stereocenters. The molecule has 1 aliphatic rings. The molecule has 0 bridgehead atoms. The highest BCUT2D eigenvalue weighted by atomic mass is 16.5. The Bertz CT molecular complexity index is 408. The summed E-state index contributed by atoms with van der Waals surface area (Å²) in [5, 5.41) is 9.11. The molecule has 1 aromatic rings. The lowest BCUT2D eigenvalue weighted by molar-refractivity contribution is 0.0245. The van der Waals surface area contributed by atoms with Crippen LogP contribution in [-0.4, -0.2) is 30.4 Å². The fourth-order valence-electron chi connectivity index (χ4n) is 1.94. The number of hydrogen-bond acceptors (Lipinski definition) is 3. The van der Waals surface area contributed by atoms with Gasteiger partial charge in [0.15, 0.2) is 0 Å². The van der Waals surface area contributed by atoms with E-state index in [0.717, 1.165) is 18.4 Å². The van der Waals surface area contributed by atoms with Gasteiger partial charge in [-0.1, -0.05) is 12.1 Å². The summed E-state index contributed by atoms with van der Waals surface area (Å²) in [4.78, 5) is 11.1. The molecular weight excluding hydrogens is 220 g/mol. The molecular formula is C13H16O4. The van der Waals surface area contributed by atoms with Gasteiger partial charge in [0.05, 0.1) is 13.2 Å². The van der Waals surface area contributed by atoms with Crippen molar-refractivity contribution in [2.45, 2.75) is 25.9 Å². The van der Waals surface area contributed by atoms with E-state index in [2.05, 4.69) is 0 Å². The highest BCUT2D eigenvalue weighted by Gasteiger charge is 2.20. The topological polar surface area (TPSA) is 55.8 Å². The normalized spacial score (nSPS) is 16.8. The molecule has 92 valence electrons. The average Bonchev–Trinajstić information content (AvgIpc) is 2.33. The molecule has 1 heterocycles. The molecule has 0 spiro atoms. The number of carboxylic acids is 1. The first-order valence-corrected chi connectivity index (χ1v) is 5.76. The Labute approximate surface area is 100 Å². The van der Waals surface area contributed by atoms with E-state index in [9.17, 15) is 4.79 Å². The summed E-state index contributed by atoms with van der Waals surface area (Å²) >= 11 is 0. The number of ether oxygens (including phenoxy) is 2. The predicted molar refractivity (Wildman–Crippen MR) is 62.6 cm³/mol. The van der Waals surface area contributed by atoms with Gasteiger partial charge in [-0.15, -0.1) is 0 Å². The molecule has 17 heavy (non-hydrogen) atoms. The summed E-state index contributed by atoms with van der Waals surface area (Å²) < 4.78 is 11.1. The van der Waals surface area contributed by atoms with E-state index < -0.39 is 5.97 Å². The average molecular weight is 236 g/mol. The van der Waals surface area contributed by atoms with Crippen molar-refractivity contribution in [3.05, 3.63) is 29.3 Å². The molecule has 4 nitrogen and oxygen atoms in total. The summed E-state index contributed by atoms with van der Waals surface area (Å²) in [5.74, 6) is -0.456. The molecule has 1 aromatic carbocycles. The highest BCUT2D eigenvalue weighted by molar-refractivity contribution is 5.91. The SMILES string of the molecule is Cc1cccc(C(=O)O)c1OC1CCOCC1. The first kappa shape index (κ1) is 11.9. The van der Waals surface area contributed by atoms with Gasteiger partial charge in [0.1, 0.15) is 17.4 Å². The Morgan fingerprint density at radius 3 is 2.76 bits per heavy atom. The lowest BCUT2D eigenvalue weighted by Gasteiger charge is -2.24. The molecule has 1 aliphatic heterocycles. The van der Waals surface area contributed by atoms with Crippen LogP contribution < -0.4 is 4.74 Å². The number of para-hydroxylation sites is 1. The minimum Gasteiger partial charge on any atom is -0.489 e. The lowest BCUT2D eigenvalue weighted by Crippen LogP contribution is -2.26. The second kappa shape index (κ2) is 5.19. The van der Waals surface area contributed by atoms with Crippen LogP contribution >= 0.6 is 0 Å². The number of rotatable bonds is 3. The van der Waals surface area contributed by atoms with Crippen LogP contribution in [0.2, 0.25) is 0 Å². The summed E-state index contributed by atoms with van der Waals surface area (Å²) in [6, 6.07) is 5.17. The number of hydrogen-bond donors (Lipinski definition) is 1. The van der Waals surface area contributed by atoms with Crippen molar-refractivity contribution in [3.8, 4) is 5.75 Å². The maximum absolute atomic E-state index is 11.1. The number of carboxylic acid groups (broad SMARTS) is 1. The first-order chi connectivity index (χ1) is 8.18. The standard InChI is InChI=1S/C13H16O4/c1-9-3-2-4-11(13(14)15)12(9)17-10-5-7-16-8-6-10/h2-4,10H,5-8H2,1H3,(H,14,15). The number of carbonyl (C=O) groups is 1. The maximum Gasteiger partial charge on any atom is 0.339 e. The minimum atomic E-state index is -0.948. The second-order valence-electron chi connectivity index (χ2n) is 4.19. The number of benzene rings is 1. The smallest absolute Gasteiger partial charge is 0.339 e. The van der Waals surface area contributed by atoms with Gasteiger partial charge in [-0.3, -0.25) is 0 Å². The Kier molecular flexibility index (Phi) is 3.64. The van der Waals surface area contributed by atoms with Crippen LogP contribution in [0.3, 0.4) is 0 Å². The van der Waals surface area contributed by atoms with Crippen LogP contribution in [0, 0.1) is 6.92 Å². The van der Waals surface area contributed by atoms with Gasteiger partial charge in [-0.25, -0.2) is 4.79 Å². The molecule has 0 amide bonds. The molecule has 1 fully saturated rings. The predicted octanol–water partition coefficient (Wildman–Crippen LogP) is 2.25. The van der Waals surface area contributed by atoms with Gasteiger partial charge in [-0.05, 0) is 18.6 Å². The van der Waals surface area contributed by atoms with Crippen molar-refractivity contribution in [3.63, 3.8) is 0 Å². The van der Waals surface area contributed by atoms with Crippen LogP contribution in [-0.2, 0) is 4.74 Å². The lowest BCUT2D eigenvalue weighted by atomic mass is 10.1. The largest absolute Gasteiger partial charge is 0.489 e. The van der Waals surface area contributed by atoms with Crippen LogP contribution in [0.4, 0.5) is 0 Å². The van der Waals surface area contributed by atoms with Crippen LogP contribution in [0.1, 0.15) is 28.8 Å². The Balaban J connectivity index is 2.21. The van der Waals surface area contributed by atoms with Crippen molar-refractivity contribution in [2.75, 3.05) is 13.2 Å². The van der Waals surface area contributed by atoms with Crippen molar-refractivity contribution in [1.29, 1.82) is 0 Å². The van der Waals surface area contributed by atoms with E-state index in [0.29, 0.717) is 19.0 Å². The van der Waals surface area contributed by atoms with E-state index in [4.69, 9.17) is 14.6 Å². The molecule has 0 saturated carbocycles. The summed E-state index contributed by atoms with van der Waals surface area (Å²) in [5.41, 5.74) is 1.09. The third-order valence-electron chi connectivity index (χ3n) is 2.90. The van der Waals surface area contributed by atoms with Crippen molar-refractivity contribution >= 4 is 5.97 Å². The molecule has 2 rings (SSSR count). The van der Waals surface area contributed by atoms with Gasteiger partial charge >= 0.3 is 5.97 Å². The summed E-state index contributed by atoms with van der Waals surface area (Å²) in [6.45, 7) is 3.22. The Hall–Kier alpha value is -1.55. The van der Waals surface area contributed by atoms with Gasteiger partial charge in [0, 0.05) is 12.8 Å². The van der Waals surface area contributed by atoms with Gasteiger partial charge in [0.25, 0.3) is 0 Å². The minimum absolute atomic E-state index is 0.0583. The molecule has 1 N–H and O–H groups in total. The highest BCUT2D eigenvalue weighted by Crippen LogP contribution is 2.26. The molecule has 0 radical (unpaired) electrons. The fraction of sp³-hybridized carbons (Fsp3) is 0.462. The van der Waals surface area contributed by atoms with Gasteiger partial charge in [0.2, 0.25) is 0 Å². The Morgan fingerprint density at radius 1 is 1.41 bits per heavy atom. The van der Waals surface area contributed by atoms with E-state index >= 15 is 0 Å². The zero-order valence-corrected chi connectivity index (χ0v) is 9.81. The quantitative estimate of drug-likeness (QED) is 0.874. The molecule has 4 heteroatoms. The van der Waals surface area contributed by atoms with Crippen molar-refractivity contribution < 1.29 is 19.4 Å². The van der Waals surface area contributed by atoms with E-state index in [-0.39, 0.29) is 11.7 Å². The summed E-state index contributed by atoms with van der Waals surface area (Å²) in [7, 11) is 0. The molecule has 0 atom stereocenters. The van der Waals surface area contributed by atoms with Crippen molar-refractivity contribution in [1.82, 2.24) is 0 Å². The zero-order valence-electron chi connectivity index (χ0n) is 9.81. The maximum atomic E-state index is 11.1. The Morgan fingerprint density at radius 2 is 2.12 bits per heavy atom. The fourth-order valence-corrected chi connectivity index (χ4v) is 1.94. The monoisotopic (exact) mass is 236 g/mol. The zero-order chi connectivity index (χ0) is 12.3. The number of aryl methyl sites for hydroxylation is 1. The van der Waals surface area contributed by atoms with Crippen LogP contribution in [0.15, 0.2) is 18.2 Å². The first-order valence-electron chi connectivity index (χ1n) is 5.76. The third kappa shape index (κ3) is 2.77. The van der Waals surface area contributed by atoms with Gasteiger partial charge in [-0.2, -0.15) is 0 Å². The molecule has 1 saturated heterocycles. The van der Waals surface area contributed by atoms with E-state index in [1.807, 2.05) is 13.0 Å². The summed E-state index contributed by atoms with van der Waals surface area (Å²) in [6.07, 6.45) is 1.68.